The number of benzene rings is 1. The summed E-state index contributed by atoms with van der Waals surface area (Å²) in [5.74, 6) is 0.892. The van der Waals surface area contributed by atoms with Crippen molar-refractivity contribution in [1.29, 1.82) is 0 Å². The second kappa shape index (κ2) is 8.74. The van der Waals surface area contributed by atoms with Crippen molar-refractivity contribution in [3.63, 3.8) is 0 Å². The molecular weight excluding hydrogens is 378 g/mol. The number of carbonyl (C=O) groups is 1. The molecule has 0 bridgehead atoms. The Morgan fingerprint density at radius 3 is 2.77 bits per heavy atom. The molecule has 30 heavy (non-hydrogen) atoms. The third kappa shape index (κ3) is 4.50. The highest BCUT2D eigenvalue weighted by Gasteiger charge is 2.42. The van der Waals surface area contributed by atoms with E-state index in [4.69, 9.17) is 4.74 Å². The predicted octanol–water partition coefficient (Wildman–Crippen LogP) is 2.89. The Morgan fingerprint density at radius 2 is 2.10 bits per heavy atom. The zero-order valence-electron chi connectivity index (χ0n) is 17.9. The molecule has 4 rings (SSSR count). The van der Waals surface area contributed by atoms with Gasteiger partial charge in [0.25, 0.3) is 5.91 Å². The number of aliphatic hydroxyl groups is 1. The average molecular weight is 410 g/mol. The Labute approximate surface area is 178 Å². The van der Waals surface area contributed by atoms with Crippen molar-refractivity contribution < 1.29 is 14.6 Å². The van der Waals surface area contributed by atoms with E-state index in [1.807, 2.05) is 11.0 Å². The zero-order valence-corrected chi connectivity index (χ0v) is 17.9. The molecule has 0 aliphatic carbocycles. The van der Waals surface area contributed by atoms with Crippen LogP contribution in [-0.4, -0.2) is 65.2 Å². The summed E-state index contributed by atoms with van der Waals surface area (Å²) in [6.45, 7) is 6.07. The van der Waals surface area contributed by atoms with Crippen LogP contribution < -0.4 is 4.74 Å². The normalized spacial score (nSPS) is 21.6. The molecule has 2 aromatic rings. The van der Waals surface area contributed by atoms with E-state index < -0.39 is 6.10 Å². The number of likely N-dealkylation sites (tertiary alicyclic amines) is 2. The van der Waals surface area contributed by atoms with E-state index in [0.717, 1.165) is 50.2 Å². The zero-order chi connectivity index (χ0) is 21.1. The number of aromatic nitrogens is 1. The van der Waals surface area contributed by atoms with Gasteiger partial charge in [-0.2, -0.15) is 0 Å². The fraction of sp³-hybridized carbons (Fsp3) is 0.500. The molecule has 1 amide bonds. The topological polar surface area (TPSA) is 65.9 Å². The van der Waals surface area contributed by atoms with Crippen LogP contribution in [0.5, 0.6) is 5.75 Å². The molecule has 2 aliphatic rings. The van der Waals surface area contributed by atoms with Crippen molar-refractivity contribution >= 4 is 5.91 Å². The average Bonchev–Trinajstić information content (AvgIpc) is 2.75. The molecule has 6 heteroatoms. The number of piperidine rings is 2. The van der Waals surface area contributed by atoms with Gasteiger partial charge >= 0.3 is 0 Å². The van der Waals surface area contributed by atoms with Crippen molar-refractivity contribution in [2.45, 2.75) is 38.8 Å². The Bertz CT molecular complexity index is 879. The highest BCUT2D eigenvalue weighted by molar-refractivity contribution is 5.94. The monoisotopic (exact) mass is 409 g/mol. The number of hydrogen-bond acceptors (Lipinski definition) is 5. The Morgan fingerprint density at radius 1 is 1.30 bits per heavy atom. The number of aryl methyl sites for hydroxylation is 1. The third-order valence-corrected chi connectivity index (χ3v) is 6.60. The molecule has 1 aromatic carbocycles. The van der Waals surface area contributed by atoms with Crippen molar-refractivity contribution in [2.75, 3.05) is 33.3 Å². The maximum Gasteiger partial charge on any atom is 0.255 e. The van der Waals surface area contributed by atoms with E-state index in [-0.39, 0.29) is 11.3 Å². The quantitative estimate of drug-likeness (QED) is 0.841. The molecule has 1 aromatic heterocycles. The number of hydrogen-bond donors (Lipinski definition) is 1. The van der Waals surface area contributed by atoms with Gasteiger partial charge in [-0.05, 0) is 74.0 Å². The number of carbonyl (C=O) groups excluding carboxylic acids is 1. The van der Waals surface area contributed by atoms with Crippen LogP contribution in [0.25, 0.3) is 0 Å². The SMILES string of the molecule is COc1ccc(CN2CCC3(CC2)CC(O)CN(C(=O)c2cccnc2)C3)cc1C. The van der Waals surface area contributed by atoms with Gasteiger partial charge in [0.05, 0.1) is 18.8 Å². The number of nitrogens with zero attached hydrogens (tertiary/aromatic N) is 3. The standard InChI is InChI=1S/C24H31N3O3/c1-18-12-19(5-6-22(18)30-2)15-26-10-7-24(8-11-26)13-21(28)16-27(17-24)23(29)20-4-3-9-25-14-20/h3-6,9,12,14,21,28H,7-8,10-11,13,15-17H2,1-2H3. The summed E-state index contributed by atoms with van der Waals surface area (Å²) < 4.78 is 5.36. The van der Waals surface area contributed by atoms with Crippen molar-refractivity contribution in [2.24, 2.45) is 5.41 Å². The van der Waals surface area contributed by atoms with E-state index in [0.29, 0.717) is 18.7 Å². The van der Waals surface area contributed by atoms with E-state index in [2.05, 4.69) is 28.9 Å². The first-order valence-electron chi connectivity index (χ1n) is 10.7. The molecule has 1 spiro atoms. The summed E-state index contributed by atoms with van der Waals surface area (Å²) in [7, 11) is 1.70. The van der Waals surface area contributed by atoms with Gasteiger partial charge < -0.3 is 14.7 Å². The Hall–Kier alpha value is -2.44. The maximum atomic E-state index is 12.9. The lowest BCUT2D eigenvalue weighted by atomic mass is 9.71. The number of β-amino-alcohol motifs (C(OH)–C–C–N with tert-alkyl or cyclic N) is 1. The smallest absolute Gasteiger partial charge is 0.255 e. The van der Waals surface area contributed by atoms with Gasteiger partial charge in [-0.1, -0.05) is 12.1 Å². The minimum atomic E-state index is -0.463. The van der Waals surface area contributed by atoms with Crippen LogP contribution in [0, 0.1) is 12.3 Å². The van der Waals surface area contributed by atoms with E-state index in [1.54, 1.807) is 31.6 Å². The number of amides is 1. The first-order chi connectivity index (χ1) is 14.5. The van der Waals surface area contributed by atoms with Gasteiger partial charge in [0, 0.05) is 32.0 Å². The predicted molar refractivity (Wildman–Crippen MR) is 115 cm³/mol. The fourth-order valence-corrected chi connectivity index (χ4v) is 5.02. The summed E-state index contributed by atoms with van der Waals surface area (Å²) in [6, 6.07) is 9.94. The first-order valence-corrected chi connectivity index (χ1v) is 10.7. The van der Waals surface area contributed by atoms with E-state index in [9.17, 15) is 9.90 Å². The van der Waals surface area contributed by atoms with Crippen molar-refractivity contribution in [1.82, 2.24) is 14.8 Å². The Kier molecular flexibility index (Phi) is 6.06. The van der Waals surface area contributed by atoms with Crippen LogP contribution in [-0.2, 0) is 6.54 Å². The van der Waals surface area contributed by atoms with Gasteiger partial charge in [-0.25, -0.2) is 0 Å². The number of pyridine rings is 1. The van der Waals surface area contributed by atoms with Crippen LogP contribution in [0.2, 0.25) is 0 Å². The summed E-state index contributed by atoms with van der Waals surface area (Å²) in [6.07, 6.45) is 5.58. The minimum absolute atomic E-state index is 0.00185. The Balaban J connectivity index is 1.39. The summed E-state index contributed by atoms with van der Waals surface area (Å²) in [5, 5.41) is 10.5. The summed E-state index contributed by atoms with van der Waals surface area (Å²) >= 11 is 0. The highest BCUT2D eigenvalue weighted by Crippen LogP contribution is 2.40. The van der Waals surface area contributed by atoms with Gasteiger partial charge in [0.1, 0.15) is 5.75 Å². The van der Waals surface area contributed by atoms with Crippen molar-refractivity contribution in [3.8, 4) is 5.75 Å². The van der Waals surface area contributed by atoms with E-state index >= 15 is 0 Å². The minimum Gasteiger partial charge on any atom is -0.496 e. The number of ether oxygens (including phenoxy) is 1. The third-order valence-electron chi connectivity index (χ3n) is 6.60. The first kappa shape index (κ1) is 20.8. The largest absolute Gasteiger partial charge is 0.496 e. The molecule has 3 heterocycles. The summed E-state index contributed by atoms with van der Waals surface area (Å²) in [5.41, 5.74) is 3.04. The van der Waals surface area contributed by atoms with Crippen LogP contribution >= 0.6 is 0 Å². The molecule has 0 saturated carbocycles. The van der Waals surface area contributed by atoms with Crippen LogP contribution in [0.1, 0.15) is 40.7 Å². The molecule has 1 unspecified atom stereocenters. The molecule has 2 aliphatic heterocycles. The second-order valence-electron chi connectivity index (χ2n) is 8.87. The molecule has 1 N–H and O–H groups in total. The molecule has 2 saturated heterocycles. The molecule has 0 radical (unpaired) electrons. The lowest BCUT2D eigenvalue weighted by Crippen LogP contribution is -2.55. The summed E-state index contributed by atoms with van der Waals surface area (Å²) in [4.78, 5) is 21.3. The van der Waals surface area contributed by atoms with E-state index in [1.165, 1.54) is 5.56 Å². The van der Waals surface area contributed by atoms with Gasteiger partial charge in [0.2, 0.25) is 0 Å². The number of methoxy groups -OCH3 is 1. The van der Waals surface area contributed by atoms with Gasteiger partial charge in [-0.3, -0.25) is 14.7 Å². The fourth-order valence-electron chi connectivity index (χ4n) is 5.02. The van der Waals surface area contributed by atoms with Crippen LogP contribution in [0.15, 0.2) is 42.7 Å². The lowest BCUT2D eigenvalue weighted by Gasteiger charge is -2.49. The van der Waals surface area contributed by atoms with Crippen LogP contribution in [0.3, 0.4) is 0 Å². The molecule has 160 valence electrons. The highest BCUT2D eigenvalue weighted by atomic mass is 16.5. The molecule has 6 nitrogen and oxygen atoms in total. The second-order valence-corrected chi connectivity index (χ2v) is 8.87. The van der Waals surface area contributed by atoms with Gasteiger partial charge in [0.15, 0.2) is 0 Å². The number of rotatable bonds is 4. The molecule has 1 atom stereocenters. The molecule has 2 fully saturated rings. The maximum absolute atomic E-state index is 12.9. The number of aliphatic hydroxyl groups excluding tert-OH is 1. The van der Waals surface area contributed by atoms with Gasteiger partial charge in [-0.15, -0.1) is 0 Å². The van der Waals surface area contributed by atoms with Crippen molar-refractivity contribution in [3.05, 3.63) is 59.4 Å². The molecular formula is C24H31N3O3. The van der Waals surface area contributed by atoms with Crippen LogP contribution in [0.4, 0.5) is 0 Å². The lowest BCUT2D eigenvalue weighted by molar-refractivity contribution is -0.0337.